The number of ether oxygens (including phenoxy) is 1. The van der Waals surface area contributed by atoms with Gasteiger partial charge in [0.25, 0.3) is 0 Å². The van der Waals surface area contributed by atoms with Crippen LogP contribution in [0.1, 0.15) is 19.3 Å². The number of rotatable bonds is 5. The Labute approximate surface area is 94.9 Å². The highest BCUT2D eigenvalue weighted by atomic mass is 16.5. The van der Waals surface area contributed by atoms with Gasteiger partial charge in [-0.3, -0.25) is 0 Å². The van der Waals surface area contributed by atoms with Crippen molar-refractivity contribution in [1.82, 2.24) is 15.0 Å². The lowest BCUT2D eigenvalue weighted by Gasteiger charge is -2.25. The molecule has 1 aliphatic rings. The third-order valence-electron chi connectivity index (χ3n) is 2.79. The molecule has 6 nitrogen and oxygen atoms in total. The number of nitrogens with zero attached hydrogens (tertiary/aromatic N) is 3. The number of hydrogen-bond donors (Lipinski definition) is 2. The smallest absolute Gasteiger partial charge is 0.322 e. The Morgan fingerprint density at radius 3 is 2.56 bits per heavy atom. The molecule has 0 amide bonds. The summed E-state index contributed by atoms with van der Waals surface area (Å²) in [6.07, 6.45) is 3.94. The van der Waals surface area contributed by atoms with Crippen molar-refractivity contribution >= 4 is 11.9 Å². The van der Waals surface area contributed by atoms with Crippen LogP contribution in [0.3, 0.4) is 0 Å². The fourth-order valence-electron chi connectivity index (χ4n) is 1.57. The van der Waals surface area contributed by atoms with E-state index in [1.54, 1.807) is 14.2 Å². The van der Waals surface area contributed by atoms with Crippen molar-refractivity contribution < 1.29 is 4.74 Å². The third-order valence-corrected chi connectivity index (χ3v) is 2.79. The van der Waals surface area contributed by atoms with Crippen LogP contribution in [-0.4, -0.2) is 35.7 Å². The van der Waals surface area contributed by atoms with E-state index in [-0.39, 0.29) is 0 Å². The maximum atomic E-state index is 5.00. The molecule has 2 rings (SSSR count). The molecule has 0 saturated heterocycles. The van der Waals surface area contributed by atoms with Crippen LogP contribution >= 0.6 is 0 Å². The van der Waals surface area contributed by atoms with Gasteiger partial charge in [-0.1, -0.05) is 6.42 Å². The highest BCUT2D eigenvalue weighted by Gasteiger charge is 2.17. The van der Waals surface area contributed by atoms with Crippen LogP contribution in [0.4, 0.5) is 11.9 Å². The van der Waals surface area contributed by atoms with Crippen molar-refractivity contribution in [2.45, 2.75) is 19.3 Å². The molecule has 0 unspecified atom stereocenters. The van der Waals surface area contributed by atoms with E-state index in [2.05, 4.69) is 25.6 Å². The van der Waals surface area contributed by atoms with E-state index in [0.717, 1.165) is 12.5 Å². The second-order valence-corrected chi connectivity index (χ2v) is 3.90. The van der Waals surface area contributed by atoms with E-state index in [1.165, 1.54) is 19.3 Å². The highest BCUT2D eigenvalue weighted by molar-refractivity contribution is 5.35. The molecule has 0 aromatic carbocycles. The Hall–Kier alpha value is -1.59. The Balaban J connectivity index is 2.00. The van der Waals surface area contributed by atoms with Gasteiger partial charge in [-0.15, -0.1) is 0 Å². The second-order valence-electron chi connectivity index (χ2n) is 3.90. The lowest BCUT2D eigenvalue weighted by atomic mass is 9.85. The minimum Gasteiger partial charge on any atom is -0.467 e. The first-order valence-electron chi connectivity index (χ1n) is 5.53. The van der Waals surface area contributed by atoms with Gasteiger partial charge >= 0.3 is 6.01 Å². The second kappa shape index (κ2) is 4.96. The van der Waals surface area contributed by atoms with Gasteiger partial charge in [0.15, 0.2) is 0 Å². The number of anilines is 2. The van der Waals surface area contributed by atoms with E-state index in [0.29, 0.717) is 17.9 Å². The van der Waals surface area contributed by atoms with Gasteiger partial charge < -0.3 is 15.4 Å². The van der Waals surface area contributed by atoms with Crippen LogP contribution in [0.2, 0.25) is 0 Å². The lowest BCUT2D eigenvalue weighted by Crippen LogP contribution is -2.22. The first-order chi connectivity index (χ1) is 7.81. The zero-order chi connectivity index (χ0) is 11.4. The van der Waals surface area contributed by atoms with E-state index in [9.17, 15) is 0 Å². The summed E-state index contributed by atoms with van der Waals surface area (Å²) in [5, 5.41) is 6.09. The largest absolute Gasteiger partial charge is 0.467 e. The quantitative estimate of drug-likeness (QED) is 0.779. The number of aromatic nitrogens is 3. The van der Waals surface area contributed by atoms with E-state index in [1.807, 2.05) is 0 Å². The molecule has 0 aliphatic heterocycles. The van der Waals surface area contributed by atoms with Crippen LogP contribution < -0.4 is 15.4 Å². The molecule has 88 valence electrons. The fraction of sp³-hybridized carbons (Fsp3) is 0.700. The average molecular weight is 223 g/mol. The van der Waals surface area contributed by atoms with Crippen LogP contribution in [0.25, 0.3) is 0 Å². The van der Waals surface area contributed by atoms with Gasteiger partial charge in [0.1, 0.15) is 0 Å². The Morgan fingerprint density at radius 1 is 1.25 bits per heavy atom. The van der Waals surface area contributed by atoms with Gasteiger partial charge in [0, 0.05) is 13.6 Å². The molecule has 0 radical (unpaired) electrons. The molecule has 0 spiro atoms. The minimum atomic E-state index is 0.329. The number of methoxy groups -OCH3 is 1. The average Bonchev–Trinajstić information content (AvgIpc) is 2.26. The summed E-state index contributed by atoms with van der Waals surface area (Å²) < 4.78 is 5.00. The Kier molecular flexibility index (Phi) is 3.38. The standard InChI is InChI=1S/C10H17N5O/c1-11-8-13-9(15-10(14-8)16-2)12-6-7-4-3-5-7/h7H,3-6H2,1-2H3,(H2,11,12,13,14,15). The maximum absolute atomic E-state index is 5.00. The molecule has 1 fully saturated rings. The maximum Gasteiger partial charge on any atom is 0.322 e. The minimum absolute atomic E-state index is 0.329. The summed E-state index contributed by atoms with van der Waals surface area (Å²) in [7, 11) is 3.31. The topological polar surface area (TPSA) is 72.0 Å². The molecule has 1 aliphatic carbocycles. The number of hydrogen-bond acceptors (Lipinski definition) is 6. The molecule has 0 bridgehead atoms. The molecule has 1 saturated carbocycles. The predicted molar refractivity (Wildman–Crippen MR) is 61.8 cm³/mol. The van der Waals surface area contributed by atoms with Crippen LogP contribution in [-0.2, 0) is 0 Å². The Morgan fingerprint density at radius 2 is 2.00 bits per heavy atom. The SMILES string of the molecule is CNc1nc(NCC2CCC2)nc(OC)n1. The van der Waals surface area contributed by atoms with Crippen molar-refractivity contribution in [3.05, 3.63) is 0 Å². The molecular formula is C10H17N5O. The Bertz CT molecular complexity index is 331. The van der Waals surface area contributed by atoms with E-state index in [4.69, 9.17) is 4.74 Å². The molecule has 16 heavy (non-hydrogen) atoms. The normalized spacial score (nSPS) is 15.4. The van der Waals surface area contributed by atoms with Crippen LogP contribution in [0.15, 0.2) is 0 Å². The van der Waals surface area contributed by atoms with Crippen molar-refractivity contribution in [2.75, 3.05) is 31.3 Å². The zero-order valence-corrected chi connectivity index (χ0v) is 9.66. The fourth-order valence-corrected chi connectivity index (χ4v) is 1.57. The summed E-state index contributed by atoms with van der Waals surface area (Å²) in [5.74, 6) is 1.85. The molecule has 1 aromatic rings. The summed E-state index contributed by atoms with van der Waals surface area (Å²) in [4.78, 5) is 12.4. The summed E-state index contributed by atoms with van der Waals surface area (Å²) in [6, 6.07) is 0.329. The van der Waals surface area contributed by atoms with Crippen LogP contribution in [0.5, 0.6) is 6.01 Å². The lowest BCUT2D eigenvalue weighted by molar-refractivity contribution is 0.332. The third kappa shape index (κ3) is 2.50. The van der Waals surface area contributed by atoms with Crippen molar-refractivity contribution in [3.63, 3.8) is 0 Å². The molecule has 6 heteroatoms. The van der Waals surface area contributed by atoms with Gasteiger partial charge in [-0.05, 0) is 18.8 Å². The molecule has 0 atom stereocenters. The molecular weight excluding hydrogens is 206 g/mol. The van der Waals surface area contributed by atoms with Crippen LogP contribution in [0, 0.1) is 5.92 Å². The molecule has 2 N–H and O–H groups in total. The van der Waals surface area contributed by atoms with E-state index < -0.39 is 0 Å². The number of nitrogens with one attached hydrogen (secondary N) is 2. The molecule has 1 aromatic heterocycles. The zero-order valence-electron chi connectivity index (χ0n) is 9.66. The van der Waals surface area contributed by atoms with Crippen molar-refractivity contribution in [3.8, 4) is 6.01 Å². The van der Waals surface area contributed by atoms with Gasteiger partial charge in [-0.25, -0.2) is 0 Å². The van der Waals surface area contributed by atoms with Crippen molar-refractivity contribution in [2.24, 2.45) is 5.92 Å². The molecule has 1 heterocycles. The van der Waals surface area contributed by atoms with E-state index >= 15 is 0 Å². The van der Waals surface area contributed by atoms with Gasteiger partial charge in [0.2, 0.25) is 11.9 Å². The first kappa shape index (κ1) is 10.9. The van der Waals surface area contributed by atoms with Gasteiger partial charge in [-0.2, -0.15) is 15.0 Å². The monoisotopic (exact) mass is 223 g/mol. The summed E-state index contributed by atoms with van der Waals surface area (Å²) >= 11 is 0. The summed E-state index contributed by atoms with van der Waals surface area (Å²) in [6.45, 7) is 0.927. The van der Waals surface area contributed by atoms with Crippen molar-refractivity contribution in [1.29, 1.82) is 0 Å². The highest BCUT2D eigenvalue weighted by Crippen LogP contribution is 2.26. The van der Waals surface area contributed by atoms with Gasteiger partial charge in [0.05, 0.1) is 7.11 Å². The summed E-state index contributed by atoms with van der Waals surface area (Å²) in [5.41, 5.74) is 0. The first-order valence-corrected chi connectivity index (χ1v) is 5.53. The predicted octanol–water partition coefficient (Wildman–Crippen LogP) is 1.13.